The Labute approximate surface area is 158 Å². The average molecular weight is 346 g/mol. The van der Waals surface area contributed by atoms with Gasteiger partial charge < -0.3 is 0 Å². The largest absolute Gasteiger partial charge is 0.289 e. The smallest absolute Gasteiger partial charge is 0.0433 e. The van der Waals surface area contributed by atoms with Gasteiger partial charge in [0.25, 0.3) is 0 Å². The minimum Gasteiger partial charge on any atom is -0.289 e. The molecule has 0 amide bonds. The zero-order valence-electron chi connectivity index (χ0n) is 17.4. The molecule has 1 nitrogen and oxygen atoms in total. The lowest BCUT2D eigenvalue weighted by molar-refractivity contribution is 0.558. The third-order valence-corrected chi connectivity index (χ3v) is 5.23. The molecule has 1 aliphatic heterocycles. The summed E-state index contributed by atoms with van der Waals surface area (Å²) in [5.74, 6) is 0.858. The number of aliphatic imine (C=N–C) groups is 1. The van der Waals surface area contributed by atoms with Crippen molar-refractivity contribution < 1.29 is 0 Å². The van der Waals surface area contributed by atoms with E-state index in [1.165, 1.54) is 101 Å². The number of nitrogens with zero attached hydrogens (tertiary/aromatic N) is 1. The van der Waals surface area contributed by atoms with E-state index in [0.717, 1.165) is 12.5 Å². The molecule has 0 spiro atoms. The zero-order valence-corrected chi connectivity index (χ0v) is 17.4. The Kier molecular flexibility index (Phi) is 13.7. The van der Waals surface area contributed by atoms with Crippen LogP contribution in [-0.4, -0.2) is 12.3 Å². The molecule has 0 aliphatic carbocycles. The van der Waals surface area contributed by atoms with E-state index in [0.29, 0.717) is 0 Å². The molecule has 0 radical (unpaired) electrons. The van der Waals surface area contributed by atoms with Crippen LogP contribution in [0.1, 0.15) is 111 Å². The first-order valence-electron chi connectivity index (χ1n) is 11.1. The van der Waals surface area contributed by atoms with Crippen molar-refractivity contribution in [3.8, 4) is 0 Å². The fourth-order valence-electron chi connectivity index (χ4n) is 3.50. The second-order valence-electron chi connectivity index (χ2n) is 8.15. The number of hydrogen-bond acceptors (Lipinski definition) is 1. The molecular formula is C24H43N. The highest BCUT2D eigenvalue weighted by molar-refractivity contribution is 5.99. The summed E-state index contributed by atoms with van der Waals surface area (Å²) in [6.07, 6.45) is 26.3. The summed E-state index contributed by atoms with van der Waals surface area (Å²) in [4.78, 5) is 4.46. The van der Waals surface area contributed by atoms with Gasteiger partial charge in [0.1, 0.15) is 0 Å². The van der Waals surface area contributed by atoms with Crippen LogP contribution < -0.4 is 0 Å². The molecule has 0 aromatic heterocycles. The highest BCUT2D eigenvalue weighted by atomic mass is 14.8. The van der Waals surface area contributed by atoms with Crippen LogP contribution in [0.3, 0.4) is 0 Å². The first-order chi connectivity index (χ1) is 12.2. The first-order valence-corrected chi connectivity index (χ1v) is 11.1. The summed E-state index contributed by atoms with van der Waals surface area (Å²) < 4.78 is 0. The normalized spacial score (nSPS) is 16.5. The molecule has 1 rings (SSSR count). The van der Waals surface area contributed by atoms with Gasteiger partial charge in [-0.25, -0.2) is 0 Å². The standard InChI is InChI=1S/C24H43N/c1-22(2)18-16-14-12-10-8-6-4-5-7-9-11-13-15-17-19-24-20-21-25-23(24)3/h10,12,19,22H,4-9,11,13-18,20-21H2,1-3H3/b12-10-,24-19+. The Morgan fingerprint density at radius 3 is 1.92 bits per heavy atom. The van der Waals surface area contributed by atoms with Crippen LogP contribution in [-0.2, 0) is 0 Å². The summed E-state index contributed by atoms with van der Waals surface area (Å²) in [5, 5.41) is 0. The lowest BCUT2D eigenvalue weighted by Gasteiger charge is -2.02. The summed E-state index contributed by atoms with van der Waals surface area (Å²) in [5.41, 5.74) is 2.79. The molecule has 25 heavy (non-hydrogen) atoms. The minimum atomic E-state index is 0.858. The second-order valence-corrected chi connectivity index (χ2v) is 8.15. The summed E-state index contributed by atoms with van der Waals surface area (Å²) >= 11 is 0. The number of rotatable bonds is 15. The average Bonchev–Trinajstić information content (AvgIpc) is 2.99. The summed E-state index contributed by atoms with van der Waals surface area (Å²) in [6, 6.07) is 0. The van der Waals surface area contributed by atoms with Crippen molar-refractivity contribution in [1.29, 1.82) is 0 Å². The lowest BCUT2D eigenvalue weighted by atomic mass is 10.0. The molecule has 144 valence electrons. The van der Waals surface area contributed by atoms with Crippen molar-refractivity contribution in [2.24, 2.45) is 10.9 Å². The number of allylic oxidation sites excluding steroid dienone is 3. The highest BCUT2D eigenvalue weighted by Gasteiger charge is 2.06. The van der Waals surface area contributed by atoms with E-state index in [-0.39, 0.29) is 0 Å². The van der Waals surface area contributed by atoms with Crippen LogP contribution in [0.4, 0.5) is 0 Å². The quantitative estimate of drug-likeness (QED) is 0.210. The van der Waals surface area contributed by atoms with Gasteiger partial charge in [0.05, 0.1) is 0 Å². The molecule has 0 fully saturated rings. The fraction of sp³-hybridized carbons (Fsp3) is 0.792. The Morgan fingerprint density at radius 1 is 0.800 bits per heavy atom. The maximum absolute atomic E-state index is 4.46. The zero-order chi connectivity index (χ0) is 18.2. The molecule has 1 heterocycles. The van der Waals surface area contributed by atoms with Crippen LogP contribution in [0.15, 0.2) is 28.8 Å². The van der Waals surface area contributed by atoms with E-state index < -0.39 is 0 Å². The van der Waals surface area contributed by atoms with Gasteiger partial charge in [-0.3, -0.25) is 4.99 Å². The van der Waals surface area contributed by atoms with Crippen molar-refractivity contribution in [2.75, 3.05) is 6.54 Å². The van der Waals surface area contributed by atoms with Gasteiger partial charge >= 0.3 is 0 Å². The monoisotopic (exact) mass is 345 g/mol. The molecule has 0 bridgehead atoms. The maximum Gasteiger partial charge on any atom is 0.0433 e. The molecule has 0 unspecified atom stereocenters. The SMILES string of the molecule is CC1=NCC/C1=C\CCCCCCCCCC/C=C\CCCC(C)C. The summed E-state index contributed by atoms with van der Waals surface area (Å²) in [7, 11) is 0. The van der Waals surface area contributed by atoms with Gasteiger partial charge in [0.15, 0.2) is 0 Å². The van der Waals surface area contributed by atoms with E-state index in [2.05, 4.69) is 44.0 Å². The summed E-state index contributed by atoms with van der Waals surface area (Å²) in [6.45, 7) is 7.80. The Hall–Kier alpha value is -0.850. The molecule has 0 atom stereocenters. The predicted octanol–water partition coefficient (Wildman–Crippen LogP) is 8.06. The molecule has 0 aromatic rings. The van der Waals surface area contributed by atoms with Crippen LogP contribution in [0, 0.1) is 5.92 Å². The van der Waals surface area contributed by atoms with E-state index in [1.807, 2.05) is 0 Å². The molecule has 0 saturated carbocycles. The fourth-order valence-corrected chi connectivity index (χ4v) is 3.50. The molecule has 0 aromatic carbocycles. The Bertz CT molecular complexity index is 400. The molecular weight excluding hydrogens is 302 g/mol. The van der Waals surface area contributed by atoms with E-state index in [4.69, 9.17) is 0 Å². The van der Waals surface area contributed by atoms with Crippen LogP contribution >= 0.6 is 0 Å². The van der Waals surface area contributed by atoms with Gasteiger partial charge in [0.2, 0.25) is 0 Å². The van der Waals surface area contributed by atoms with Crippen LogP contribution in [0.5, 0.6) is 0 Å². The van der Waals surface area contributed by atoms with E-state index in [1.54, 1.807) is 0 Å². The van der Waals surface area contributed by atoms with Crippen molar-refractivity contribution >= 4 is 5.71 Å². The van der Waals surface area contributed by atoms with Crippen molar-refractivity contribution in [2.45, 2.75) is 111 Å². The van der Waals surface area contributed by atoms with Crippen molar-refractivity contribution in [3.63, 3.8) is 0 Å². The third kappa shape index (κ3) is 13.1. The Morgan fingerprint density at radius 2 is 1.36 bits per heavy atom. The molecule has 0 N–H and O–H groups in total. The topological polar surface area (TPSA) is 12.4 Å². The maximum atomic E-state index is 4.46. The predicted molar refractivity (Wildman–Crippen MR) is 115 cm³/mol. The van der Waals surface area contributed by atoms with Gasteiger partial charge in [-0.05, 0) is 63.4 Å². The number of hydrogen-bond donors (Lipinski definition) is 0. The van der Waals surface area contributed by atoms with Crippen LogP contribution in [0.25, 0.3) is 0 Å². The van der Waals surface area contributed by atoms with Gasteiger partial charge in [-0.15, -0.1) is 0 Å². The lowest BCUT2D eigenvalue weighted by Crippen LogP contribution is -1.89. The number of unbranched alkanes of at least 4 members (excludes halogenated alkanes) is 10. The Balaban J connectivity index is 1.77. The van der Waals surface area contributed by atoms with Crippen molar-refractivity contribution in [3.05, 3.63) is 23.8 Å². The third-order valence-electron chi connectivity index (χ3n) is 5.23. The van der Waals surface area contributed by atoms with Gasteiger partial charge in [0, 0.05) is 12.3 Å². The van der Waals surface area contributed by atoms with Gasteiger partial charge in [-0.1, -0.05) is 77.0 Å². The van der Waals surface area contributed by atoms with Crippen LogP contribution in [0.2, 0.25) is 0 Å². The highest BCUT2D eigenvalue weighted by Crippen LogP contribution is 2.16. The molecule has 1 heteroatoms. The first kappa shape index (κ1) is 22.2. The minimum absolute atomic E-state index is 0.858. The van der Waals surface area contributed by atoms with E-state index >= 15 is 0 Å². The van der Waals surface area contributed by atoms with Crippen molar-refractivity contribution in [1.82, 2.24) is 0 Å². The molecule has 0 saturated heterocycles. The molecule has 1 aliphatic rings. The van der Waals surface area contributed by atoms with Gasteiger partial charge in [-0.2, -0.15) is 0 Å². The van der Waals surface area contributed by atoms with E-state index in [9.17, 15) is 0 Å². The second kappa shape index (κ2) is 15.4.